The summed E-state index contributed by atoms with van der Waals surface area (Å²) in [7, 11) is 3.02. The number of nitrogens with one attached hydrogen (secondary N) is 1. The zero-order chi connectivity index (χ0) is 20.4. The third-order valence-electron chi connectivity index (χ3n) is 3.97. The predicted molar refractivity (Wildman–Crippen MR) is 115 cm³/mol. The summed E-state index contributed by atoms with van der Waals surface area (Å²) in [6.45, 7) is 0. The van der Waals surface area contributed by atoms with E-state index in [1.165, 1.54) is 25.2 Å². The maximum Gasteiger partial charge on any atom is 0.270 e. The number of hydrogen-bond donors (Lipinski definition) is 1. The molecule has 2 aromatic carbocycles. The summed E-state index contributed by atoms with van der Waals surface area (Å²) in [5, 5.41) is 2.96. The number of nitrogens with zero attached hydrogens (tertiary/aromatic N) is 1. The Morgan fingerprint density at radius 3 is 2.46 bits per heavy atom. The molecule has 28 heavy (non-hydrogen) atoms. The van der Waals surface area contributed by atoms with Gasteiger partial charge in [-0.05, 0) is 54.2 Å². The van der Waals surface area contributed by atoms with E-state index in [-0.39, 0.29) is 10.7 Å². The fourth-order valence-electron chi connectivity index (χ4n) is 2.64. The van der Waals surface area contributed by atoms with Gasteiger partial charge < -0.3 is 9.47 Å². The highest BCUT2D eigenvalue weighted by Crippen LogP contribution is 2.35. The Morgan fingerprint density at radius 2 is 1.82 bits per heavy atom. The molecule has 1 N–H and O–H groups in total. The number of halogens is 2. The SMILES string of the molecule is COc1cc(Br)c(/C=C2/C(=O)NC(=S)N(c3cccc(Cl)c3)C2=O)cc1OC. The van der Waals surface area contributed by atoms with Crippen molar-refractivity contribution in [2.45, 2.75) is 0 Å². The molecule has 0 atom stereocenters. The van der Waals surface area contributed by atoms with Gasteiger partial charge in [0.25, 0.3) is 11.8 Å². The molecule has 0 spiro atoms. The molecule has 3 rings (SSSR count). The Morgan fingerprint density at radius 1 is 1.14 bits per heavy atom. The van der Waals surface area contributed by atoms with Gasteiger partial charge in [0.15, 0.2) is 16.6 Å². The maximum absolute atomic E-state index is 13.0. The van der Waals surface area contributed by atoms with Crippen LogP contribution in [0.15, 0.2) is 46.4 Å². The van der Waals surface area contributed by atoms with Crippen molar-refractivity contribution in [1.29, 1.82) is 0 Å². The highest BCUT2D eigenvalue weighted by molar-refractivity contribution is 9.10. The smallest absolute Gasteiger partial charge is 0.270 e. The van der Waals surface area contributed by atoms with Gasteiger partial charge in [-0.15, -0.1) is 0 Å². The van der Waals surface area contributed by atoms with Crippen molar-refractivity contribution in [2.75, 3.05) is 19.1 Å². The van der Waals surface area contributed by atoms with Crippen LogP contribution in [-0.4, -0.2) is 31.1 Å². The monoisotopic (exact) mass is 480 g/mol. The van der Waals surface area contributed by atoms with Crippen LogP contribution in [0.4, 0.5) is 5.69 Å². The van der Waals surface area contributed by atoms with Gasteiger partial charge in [0, 0.05) is 9.50 Å². The van der Waals surface area contributed by atoms with Crippen molar-refractivity contribution in [2.24, 2.45) is 0 Å². The minimum Gasteiger partial charge on any atom is -0.493 e. The van der Waals surface area contributed by atoms with Crippen molar-refractivity contribution < 1.29 is 19.1 Å². The Kier molecular flexibility index (Phi) is 6.02. The first-order valence-corrected chi connectivity index (χ1v) is 9.52. The second-order valence-corrected chi connectivity index (χ2v) is 7.34. The lowest BCUT2D eigenvalue weighted by atomic mass is 10.1. The average molecular weight is 482 g/mol. The molecule has 0 radical (unpaired) electrons. The summed E-state index contributed by atoms with van der Waals surface area (Å²) in [6.07, 6.45) is 1.46. The van der Waals surface area contributed by atoms with Crippen molar-refractivity contribution >= 4 is 68.4 Å². The lowest BCUT2D eigenvalue weighted by molar-refractivity contribution is -0.122. The van der Waals surface area contributed by atoms with E-state index in [0.717, 1.165) is 0 Å². The lowest BCUT2D eigenvalue weighted by Crippen LogP contribution is -2.54. The van der Waals surface area contributed by atoms with Crippen LogP contribution in [0.3, 0.4) is 0 Å². The number of amides is 2. The molecule has 1 fully saturated rings. The summed E-state index contributed by atoms with van der Waals surface area (Å²) in [4.78, 5) is 26.7. The number of carbonyl (C=O) groups excluding carboxylic acids is 2. The zero-order valence-electron chi connectivity index (χ0n) is 14.8. The standard InChI is InChI=1S/C19H14BrClN2O4S/c1-26-15-7-10(14(20)9-16(15)27-2)6-13-17(24)22-19(28)23(18(13)25)12-5-3-4-11(21)8-12/h3-9H,1-2H3,(H,22,24,28)/b13-6-. The van der Waals surface area contributed by atoms with Crippen LogP contribution in [0.2, 0.25) is 5.02 Å². The molecule has 0 unspecified atom stereocenters. The zero-order valence-corrected chi connectivity index (χ0v) is 17.9. The average Bonchev–Trinajstić information content (AvgIpc) is 2.65. The van der Waals surface area contributed by atoms with Gasteiger partial charge in [-0.2, -0.15) is 0 Å². The summed E-state index contributed by atoms with van der Waals surface area (Å²) in [5.41, 5.74) is 0.941. The van der Waals surface area contributed by atoms with Crippen molar-refractivity contribution in [3.8, 4) is 11.5 Å². The van der Waals surface area contributed by atoms with E-state index in [1.54, 1.807) is 36.4 Å². The molecule has 1 aliphatic heterocycles. The Balaban J connectivity index is 2.07. The van der Waals surface area contributed by atoms with E-state index < -0.39 is 11.8 Å². The van der Waals surface area contributed by atoms with Gasteiger partial charge in [-0.25, -0.2) is 0 Å². The number of thiocarbonyl (C=S) groups is 1. The first-order chi connectivity index (χ1) is 13.3. The predicted octanol–water partition coefficient (Wildman–Crippen LogP) is 3.95. The Hall–Kier alpha value is -2.42. The summed E-state index contributed by atoms with van der Waals surface area (Å²) >= 11 is 14.6. The Bertz CT molecular complexity index is 1020. The second-order valence-electron chi connectivity index (χ2n) is 5.67. The van der Waals surface area contributed by atoms with E-state index in [2.05, 4.69) is 21.2 Å². The van der Waals surface area contributed by atoms with Crippen LogP contribution < -0.4 is 19.7 Å². The molecular formula is C19H14BrClN2O4S. The number of methoxy groups -OCH3 is 2. The first-order valence-electron chi connectivity index (χ1n) is 7.94. The molecule has 2 aromatic rings. The van der Waals surface area contributed by atoms with E-state index in [1.807, 2.05) is 0 Å². The van der Waals surface area contributed by atoms with Crippen LogP contribution in [0.25, 0.3) is 6.08 Å². The number of benzene rings is 2. The van der Waals surface area contributed by atoms with Crippen molar-refractivity contribution in [3.05, 3.63) is 57.0 Å². The molecule has 0 aliphatic carbocycles. The first kappa shape index (κ1) is 20.3. The van der Waals surface area contributed by atoms with Crippen LogP contribution in [0, 0.1) is 0 Å². The molecule has 0 aromatic heterocycles. The largest absolute Gasteiger partial charge is 0.493 e. The highest BCUT2D eigenvalue weighted by Gasteiger charge is 2.34. The molecule has 2 amide bonds. The summed E-state index contributed by atoms with van der Waals surface area (Å²) in [5.74, 6) is -0.172. The van der Waals surface area contributed by atoms with E-state index >= 15 is 0 Å². The number of rotatable bonds is 4. The van der Waals surface area contributed by atoms with E-state index in [4.69, 9.17) is 33.3 Å². The molecule has 0 saturated carbocycles. The van der Waals surface area contributed by atoms with Crippen LogP contribution in [0.1, 0.15) is 5.56 Å². The van der Waals surface area contributed by atoms with Gasteiger partial charge in [-0.1, -0.05) is 33.6 Å². The lowest BCUT2D eigenvalue weighted by Gasteiger charge is -2.29. The third kappa shape index (κ3) is 3.89. The molecule has 144 valence electrons. The number of carbonyl (C=O) groups is 2. The molecule has 6 nitrogen and oxygen atoms in total. The normalized spacial score (nSPS) is 15.6. The summed E-state index contributed by atoms with van der Waals surface area (Å²) < 4.78 is 11.2. The molecule has 0 bridgehead atoms. The van der Waals surface area contributed by atoms with Gasteiger partial charge in [-0.3, -0.25) is 19.8 Å². The molecule has 1 heterocycles. The summed E-state index contributed by atoms with van der Waals surface area (Å²) in [6, 6.07) is 9.99. The minimum atomic E-state index is -0.588. The van der Waals surface area contributed by atoms with Gasteiger partial charge >= 0.3 is 0 Å². The van der Waals surface area contributed by atoms with E-state index in [9.17, 15) is 9.59 Å². The van der Waals surface area contributed by atoms with Crippen molar-refractivity contribution in [3.63, 3.8) is 0 Å². The minimum absolute atomic E-state index is 0.0132. The van der Waals surface area contributed by atoms with Gasteiger partial charge in [0.1, 0.15) is 5.57 Å². The van der Waals surface area contributed by atoms with Crippen LogP contribution in [0.5, 0.6) is 11.5 Å². The quantitative estimate of drug-likeness (QED) is 0.407. The fraction of sp³-hybridized carbons (Fsp3) is 0.105. The Labute approximate surface area is 180 Å². The second kappa shape index (κ2) is 8.30. The highest BCUT2D eigenvalue weighted by atomic mass is 79.9. The molecule has 9 heteroatoms. The van der Waals surface area contributed by atoms with Gasteiger partial charge in [0.2, 0.25) is 0 Å². The third-order valence-corrected chi connectivity index (χ3v) is 5.18. The molecule has 1 saturated heterocycles. The van der Waals surface area contributed by atoms with Gasteiger partial charge in [0.05, 0.1) is 19.9 Å². The molecular weight excluding hydrogens is 468 g/mol. The number of ether oxygens (including phenoxy) is 2. The number of hydrogen-bond acceptors (Lipinski definition) is 5. The van der Waals surface area contributed by atoms with Crippen molar-refractivity contribution in [1.82, 2.24) is 5.32 Å². The number of anilines is 1. The van der Waals surface area contributed by atoms with E-state index in [0.29, 0.717) is 32.2 Å². The maximum atomic E-state index is 13.0. The molecule has 1 aliphatic rings. The topological polar surface area (TPSA) is 67.9 Å². The van der Waals surface area contributed by atoms with Crippen LogP contribution in [-0.2, 0) is 9.59 Å². The van der Waals surface area contributed by atoms with Crippen LogP contribution >= 0.6 is 39.7 Å². The fourth-order valence-corrected chi connectivity index (χ4v) is 3.55.